The smallest absolute Gasteiger partial charge is 0.221 e. The van der Waals surface area contributed by atoms with E-state index in [-0.39, 0.29) is 11.5 Å². The van der Waals surface area contributed by atoms with Gasteiger partial charge in [0.1, 0.15) is 11.9 Å². The number of benzene rings is 1. The molecule has 0 aliphatic carbocycles. The first-order valence-electron chi connectivity index (χ1n) is 5.20. The summed E-state index contributed by atoms with van der Waals surface area (Å²) in [6, 6.07) is 5.96. The van der Waals surface area contributed by atoms with E-state index in [0.29, 0.717) is 18.7 Å². The molecule has 0 aliphatic rings. The van der Waals surface area contributed by atoms with Crippen molar-refractivity contribution >= 4 is 11.6 Å². The van der Waals surface area contributed by atoms with Gasteiger partial charge in [0.05, 0.1) is 11.3 Å². The van der Waals surface area contributed by atoms with Gasteiger partial charge < -0.3 is 10.2 Å². The normalized spacial score (nSPS) is 9.53. The van der Waals surface area contributed by atoms with E-state index < -0.39 is 5.82 Å². The molecule has 90 valence electrons. The summed E-state index contributed by atoms with van der Waals surface area (Å²) in [7, 11) is 3.33. The second kappa shape index (κ2) is 5.85. The molecule has 0 saturated heterocycles. The van der Waals surface area contributed by atoms with Crippen LogP contribution in [0.2, 0.25) is 0 Å². The van der Waals surface area contributed by atoms with E-state index in [1.165, 1.54) is 18.2 Å². The molecule has 0 unspecified atom stereocenters. The molecule has 17 heavy (non-hydrogen) atoms. The van der Waals surface area contributed by atoms with Crippen LogP contribution in [0, 0.1) is 17.1 Å². The summed E-state index contributed by atoms with van der Waals surface area (Å²) in [6.45, 7) is 0.472. The van der Waals surface area contributed by atoms with Gasteiger partial charge in [-0.15, -0.1) is 0 Å². The fourth-order valence-corrected chi connectivity index (χ4v) is 1.45. The zero-order valence-corrected chi connectivity index (χ0v) is 9.83. The fraction of sp³-hybridized carbons (Fsp3) is 0.333. The van der Waals surface area contributed by atoms with Crippen molar-refractivity contribution in [3.8, 4) is 6.07 Å². The van der Waals surface area contributed by atoms with E-state index >= 15 is 0 Å². The number of carbonyl (C=O) groups is 1. The number of amides is 1. The minimum atomic E-state index is -0.440. The Bertz CT molecular complexity index is 454. The molecule has 0 spiro atoms. The van der Waals surface area contributed by atoms with Gasteiger partial charge in [-0.2, -0.15) is 5.26 Å². The molecule has 5 heteroatoms. The molecule has 1 aromatic rings. The van der Waals surface area contributed by atoms with Gasteiger partial charge in [-0.3, -0.25) is 4.79 Å². The molecule has 0 heterocycles. The van der Waals surface area contributed by atoms with Gasteiger partial charge >= 0.3 is 0 Å². The molecule has 0 fully saturated rings. The van der Waals surface area contributed by atoms with Crippen molar-refractivity contribution in [3.63, 3.8) is 0 Å². The lowest BCUT2D eigenvalue weighted by atomic mass is 10.1. The lowest BCUT2D eigenvalue weighted by molar-refractivity contribution is -0.120. The molecule has 0 aliphatic heterocycles. The topological polar surface area (TPSA) is 56.1 Å². The molecular weight excluding hydrogens is 221 g/mol. The second-order valence-electron chi connectivity index (χ2n) is 3.62. The molecule has 0 bridgehead atoms. The van der Waals surface area contributed by atoms with Crippen LogP contribution in [-0.2, 0) is 4.79 Å². The molecule has 1 N–H and O–H groups in total. The Kier molecular flexibility index (Phi) is 4.46. The van der Waals surface area contributed by atoms with Crippen LogP contribution in [0.15, 0.2) is 18.2 Å². The van der Waals surface area contributed by atoms with E-state index in [0.717, 1.165) is 0 Å². The molecule has 1 aromatic carbocycles. The minimum absolute atomic E-state index is 0.0718. The third-order valence-electron chi connectivity index (χ3n) is 2.44. The standard InChI is InChI=1S/C12H14FN3O/c1-15-12(17)5-6-16(2)11-4-3-10(13)7-9(11)8-14/h3-4,7H,5-6H2,1-2H3,(H,15,17). The molecule has 1 rings (SSSR count). The summed E-state index contributed by atoms with van der Waals surface area (Å²) in [5, 5.41) is 11.4. The Morgan fingerprint density at radius 1 is 1.59 bits per heavy atom. The van der Waals surface area contributed by atoms with Gasteiger partial charge in [0.15, 0.2) is 0 Å². The lowest BCUT2D eigenvalue weighted by Crippen LogP contribution is -2.26. The number of nitrogens with one attached hydrogen (secondary N) is 1. The van der Waals surface area contributed by atoms with Crippen LogP contribution < -0.4 is 10.2 Å². The maximum atomic E-state index is 12.9. The van der Waals surface area contributed by atoms with Crippen LogP contribution in [0.4, 0.5) is 10.1 Å². The molecular formula is C12H14FN3O. The van der Waals surface area contributed by atoms with Crippen molar-refractivity contribution in [3.05, 3.63) is 29.6 Å². The number of carbonyl (C=O) groups excluding carboxylic acids is 1. The molecule has 0 aromatic heterocycles. The fourth-order valence-electron chi connectivity index (χ4n) is 1.45. The first kappa shape index (κ1) is 13.0. The quantitative estimate of drug-likeness (QED) is 0.855. The van der Waals surface area contributed by atoms with E-state index in [2.05, 4.69) is 5.32 Å². The molecule has 0 atom stereocenters. The zero-order valence-electron chi connectivity index (χ0n) is 9.83. The molecule has 0 radical (unpaired) electrons. The van der Waals surface area contributed by atoms with Crippen molar-refractivity contribution in [2.75, 3.05) is 25.5 Å². The number of nitriles is 1. The van der Waals surface area contributed by atoms with E-state index in [4.69, 9.17) is 5.26 Å². The summed E-state index contributed by atoms with van der Waals surface area (Å²) in [5.41, 5.74) is 0.891. The van der Waals surface area contributed by atoms with Gasteiger partial charge in [-0.25, -0.2) is 4.39 Å². The van der Waals surface area contributed by atoms with Crippen molar-refractivity contribution in [2.24, 2.45) is 0 Å². The van der Waals surface area contributed by atoms with Gasteiger partial charge in [0.25, 0.3) is 0 Å². The highest BCUT2D eigenvalue weighted by atomic mass is 19.1. The van der Waals surface area contributed by atoms with Crippen LogP contribution in [0.25, 0.3) is 0 Å². The van der Waals surface area contributed by atoms with Crippen LogP contribution in [-0.4, -0.2) is 26.5 Å². The third-order valence-corrected chi connectivity index (χ3v) is 2.44. The van der Waals surface area contributed by atoms with E-state index in [1.54, 1.807) is 19.0 Å². The predicted molar refractivity (Wildman–Crippen MR) is 63.1 cm³/mol. The van der Waals surface area contributed by atoms with Crippen molar-refractivity contribution in [1.29, 1.82) is 5.26 Å². The maximum Gasteiger partial charge on any atom is 0.221 e. The van der Waals surface area contributed by atoms with Gasteiger partial charge in [-0.1, -0.05) is 0 Å². The van der Waals surface area contributed by atoms with Crippen molar-refractivity contribution in [2.45, 2.75) is 6.42 Å². The number of nitrogens with zero attached hydrogens (tertiary/aromatic N) is 2. The van der Waals surface area contributed by atoms with Gasteiger partial charge in [0.2, 0.25) is 5.91 Å². The summed E-state index contributed by atoms with van der Waals surface area (Å²) < 4.78 is 12.9. The molecule has 1 amide bonds. The minimum Gasteiger partial charge on any atom is -0.373 e. The maximum absolute atomic E-state index is 12.9. The zero-order chi connectivity index (χ0) is 12.8. The lowest BCUT2D eigenvalue weighted by Gasteiger charge is -2.19. The van der Waals surface area contributed by atoms with E-state index in [1.807, 2.05) is 6.07 Å². The van der Waals surface area contributed by atoms with Crippen LogP contribution >= 0.6 is 0 Å². The number of hydrogen-bond donors (Lipinski definition) is 1. The van der Waals surface area contributed by atoms with Crippen LogP contribution in [0.3, 0.4) is 0 Å². The number of anilines is 1. The highest BCUT2D eigenvalue weighted by Crippen LogP contribution is 2.19. The average molecular weight is 235 g/mol. The van der Waals surface area contributed by atoms with E-state index in [9.17, 15) is 9.18 Å². The summed E-state index contributed by atoms with van der Waals surface area (Å²) >= 11 is 0. The number of hydrogen-bond acceptors (Lipinski definition) is 3. The summed E-state index contributed by atoms with van der Waals surface area (Å²) in [6.07, 6.45) is 0.329. The number of rotatable bonds is 4. The largest absolute Gasteiger partial charge is 0.373 e. The highest BCUT2D eigenvalue weighted by molar-refractivity contribution is 5.76. The Labute approximate surface area is 99.7 Å². The average Bonchev–Trinajstić information content (AvgIpc) is 2.35. The van der Waals surface area contributed by atoms with Gasteiger partial charge in [0, 0.05) is 27.1 Å². The Morgan fingerprint density at radius 3 is 2.88 bits per heavy atom. The van der Waals surface area contributed by atoms with Gasteiger partial charge in [-0.05, 0) is 18.2 Å². The Hall–Kier alpha value is -2.09. The first-order chi connectivity index (χ1) is 8.08. The van der Waals surface area contributed by atoms with Crippen LogP contribution in [0.1, 0.15) is 12.0 Å². The second-order valence-corrected chi connectivity index (χ2v) is 3.62. The predicted octanol–water partition coefficient (Wildman–Crippen LogP) is 1.27. The third kappa shape index (κ3) is 3.45. The monoisotopic (exact) mass is 235 g/mol. The van der Waals surface area contributed by atoms with Crippen molar-refractivity contribution in [1.82, 2.24) is 5.32 Å². The summed E-state index contributed by atoms with van der Waals surface area (Å²) in [5.74, 6) is -0.512. The highest BCUT2D eigenvalue weighted by Gasteiger charge is 2.09. The summed E-state index contributed by atoms with van der Waals surface area (Å²) in [4.78, 5) is 12.9. The Morgan fingerprint density at radius 2 is 2.29 bits per heavy atom. The molecule has 0 saturated carbocycles. The van der Waals surface area contributed by atoms with Crippen molar-refractivity contribution < 1.29 is 9.18 Å². The first-order valence-corrected chi connectivity index (χ1v) is 5.20. The Balaban J connectivity index is 2.79. The molecule has 4 nitrogen and oxygen atoms in total. The SMILES string of the molecule is CNC(=O)CCN(C)c1ccc(F)cc1C#N. The van der Waals surface area contributed by atoms with Crippen LogP contribution in [0.5, 0.6) is 0 Å². The number of halogens is 1.